The lowest BCUT2D eigenvalue weighted by atomic mass is 10.2. The van der Waals surface area contributed by atoms with Gasteiger partial charge in [0.15, 0.2) is 11.5 Å². The van der Waals surface area contributed by atoms with Gasteiger partial charge in [0, 0.05) is 32.7 Å². The van der Waals surface area contributed by atoms with Gasteiger partial charge in [0.05, 0.1) is 14.2 Å². The van der Waals surface area contributed by atoms with Crippen LogP contribution in [0.2, 0.25) is 0 Å². The minimum atomic E-state index is -0.579. The van der Waals surface area contributed by atoms with Gasteiger partial charge >= 0.3 is 11.8 Å². The van der Waals surface area contributed by atoms with Gasteiger partial charge in [-0.15, -0.1) is 0 Å². The van der Waals surface area contributed by atoms with E-state index >= 15 is 0 Å². The first-order valence-electron chi connectivity index (χ1n) is 7.51. The van der Waals surface area contributed by atoms with E-state index in [0.717, 1.165) is 18.7 Å². The topological polar surface area (TPSA) is 71.1 Å². The zero-order valence-electron chi connectivity index (χ0n) is 13.8. The standard InChI is InChI=1S/C16H23N3O4/c1-18-6-8-19(9-7-18)16(21)15(20)17-11-12-4-5-13(22-2)14(10-12)23-3/h4-5,10H,6-9,11H2,1-3H3,(H,17,20). The number of nitrogens with one attached hydrogen (secondary N) is 1. The fourth-order valence-corrected chi connectivity index (χ4v) is 2.40. The van der Waals surface area contributed by atoms with Crippen molar-refractivity contribution in [2.45, 2.75) is 6.54 Å². The lowest BCUT2D eigenvalue weighted by molar-refractivity contribution is -0.146. The largest absolute Gasteiger partial charge is 0.493 e. The van der Waals surface area contributed by atoms with E-state index < -0.39 is 11.8 Å². The highest BCUT2D eigenvalue weighted by molar-refractivity contribution is 6.35. The van der Waals surface area contributed by atoms with Crippen LogP contribution in [-0.4, -0.2) is 69.1 Å². The van der Waals surface area contributed by atoms with Crippen LogP contribution in [0.25, 0.3) is 0 Å². The highest BCUT2D eigenvalue weighted by Gasteiger charge is 2.24. The molecule has 2 rings (SSSR count). The second-order valence-electron chi connectivity index (χ2n) is 5.47. The van der Waals surface area contributed by atoms with E-state index in [2.05, 4.69) is 10.2 Å². The van der Waals surface area contributed by atoms with Gasteiger partial charge in [-0.05, 0) is 24.7 Å². The Balaban J connectivity index is 1.90. The number of amides is 2. The van der Waals surface area contributed by atoms with Crippen LogP contribution >= 0.6 is 0 Å². The molecule has 1 aromatic carbocycles. The van der Waals surface area contributed by atoms with Gasteiger partial charge in [-0.2, -0.15) is 0 Å². The SMILES string of the molecule is COc1ccc(CNC(=O)C(=O)N2CCN(C)CC2)cc1OC. The summed E-state index contributed by atoms with van der Waals surface area (Å²) < 4.78 is 10.4. The van der Waals surface area contributed by atoms with Crippen LogP contribution in [0.5, 0.6) is 11.5 Å². The maximum Gasteiger partial charge on any atom is 0.311 e. The minimum Gasteiger partial charge on any atom is -0.493 e. The van der Waals surface area contributed by atoms with Crippen LogP contribution in [0, 0.1) is 0 Å². The average molecular weight is 321 g/mol. The first kappa shape index (κ1) is 17.1. The highest BCUT2D eigenvalue weighted by Crippen LogP contribution is 2.27. The molecule has 0 spiro atoms. The summed E-state index contributed by atoms with van der Waals surface area (Å²) in [5.74, 6) is 0.156. The molecule has 0 aromatic heterocycles. The van der Waals surface area contributed by atoms with Crippen LogP contribution in [0.3, 0.4) is 0 Å². The van der Waals surface area contributed by atoms with Crippen molar-refractivity contribution < 1.29 is 19.1 Å². The number of carbonyl (C=O) groups is 2. The van der Waals surface area contributed by atoms with Crippen molar-refractivity contribution >= 4 is 11.8 Å². The summed E-state index contributed by atoms with van der Waals surface area (Å²) in [5, 5.41) is 2.66. The average Bonchev–Trinajstić information content (AvgIpc) is 2.59. The third-order valence-corrected chi connectivity index (χ3v) is 3.89. The molecule has 1 heterocycles. The molecule has 0 aliphatic carbocycles. The zero-order valence-corrected chi connectivity index (χ0v) is 13.8. The van der Waals surface area contributed by atoms with Crippen molar-refractivity contribution in [3.8, 4) is 11.5 Å². The molecule has 1 saturated heterocycles. The molecule has 1 aromatic rings. The van der Waals surface area contributed by atoms with Crippen LogP contribution in [-0.2, 0) is 16.1 Å². The summed E-state index contributed by atoms with van der Waals surface area (Å²) in [5.41, 5.74) is 0.835. The fourth-order valence-electron chi connectivity index (χ4n) is 2.40. The summed E-state index contributed by atoms with van der Waals surface area (Å²) >= 11 is 0. The van der Waals surface area contributed by atoms with E-state index in [1.165, 1.54) is 0 Å². The van der Waals surface area contributed by atoms with Crippen molar-refractivity contribution in [1.29, 1.82) is 0 Å². The zero-order chi connectivity index (χ0) is 16.8. The molecule has 23 heavy (non-hydrogen) atoms. The summed E-state index contributed by atoms with van der Waals surface area (Å²) in [6.07, 6.45) is 0. The van der Waals surface area contributed by atoms with Crippen molar-refractivity contribution in [2.75, 3.05) is 47.4 Å². The third-order valence-electron chi connectivity index (χ3n) is 3.89. The van der Waals surface area contributed by atoms with Gasteiger partial charge in [0.25, 0.3) is 0 Å². The van der Waals surface area contributed by atoms with Gasteiger partial charge in [-0.25, -0.2) is 0 Å². The number of methoxy groups -OCH3 is 2. The Bertz CT molecular complexity index is 568. The summed E-state index contributed by atoms with van der Waals surface area (Å²) in [6.45, 7) is 3.00. The Labute approximate surface area is 136 Å². The Morgan fingerprint density at radius 1 is 1.09 bits per heavy atom. The molecule has 1 fully saturated rings. The normalized spacial score (nSPS) is 15.2. The predicted octanol–water partition coefficient (Wildman–Crippen LogP) is 0.0940. The molecule has 1 aliphatic heterocycles. The van der Waals surface area contributed by atoms with Gasteiger partial charge in [-0.1, -0.05) is 6.07 Å². The molecule has 0 unspecified atom stereocenters. The molecule has 0 atom stereocenters. The van der Waals surface area contributed by atoms with Gasteiger partial charge in [-0.3, -0.25) is 9.59 Å². The molecular formula is C16H23N3O4. The quantitative estimate of drug-likeness (QED) is 0.796. The van der Waals surface area contributed by atoms with E-state index in [1.807, 2.05) is 13.1 Å². The van der Waals surface area contributed by atoms with Crippen LogP contribution in [0.1, 0.15) is 5.56 Å². The molecule has 0 bridgehead atoms. The van der Waals surface area contributed by atoms with Gasteiger partial charge in [0.1, 0.15) is 0 Å². The molecule has 0 saturated carbocycles. The number of nitrogens with zero attached hydrogens (tertiary/aromatic N) is 2. The molecule has 2 amide bonds. The van der Waals surface area contributed by atoms with Crippen LogP contribution in [0.4, 0.5) is 0 Å². The molecule has 1 N–H and O–H groups in total. The first-order chi connectivity index (χ1) is 11.0. The second kappa shape index (κ2) is 7.82. The Hall–Kier alpha value is -2.28. The third kappa shape index (κ3) is 4.35. The molecule has 7 heteroatoms. The maximum atomic E-state index is 12.1. The second-order valence-corrected chi connectivity index (χ2v) is 5.47. The lowest BCUT2D eigenvalue weighted by Gasteiger charge is -2.31. The number of hydrogen-bond donors (Lipinski definition) is 1. The minimum absolute atomic E-state index is 0.263. The Morgan fingerprint density at radius 2 is 1.74 bits per heavy atom. The van der Waals surface area contributed by atoms with E-state index in [0.29, 0.717) is 24.6 Å². The van der Waals surface area contributed by atoms with Gasteiger partial charge in [0.2, 0.25) is 0 Å². The monoisotopic (exact) mass is 321 g/mol. The lowest BCUT2D eigenvalue weighted by Crippen LogP contribution is -2.51. The van der Waals surface area contributed by atoms with Crippen molar-refractivity contribution in [1.82, 2.24) is 15.1 Å². The number of benzene rings is 1. The van der Waals surface area contributed by atoms with E-state index in [9.17, 15) is 9.59 Å². The highest BCUT2D eigenvalue weighted by atomic mass is 16.5. The maximum absolute atomic E-state index is 12.1. The molecular weight excluding hydrogens is 298 g/mol. The predicted molar refractivity (Wildman–Crippen MR) is 85.5 cm³/mol. The number of hydrogen-bond acceptors (Lipinski definition) is 5. The number of rotatable bonds is 4. The number of piperazine rings is 1. The van der Waals surface area contributed by atoms with E-state index in [1.54, 1.807) is 31.3 Å². The molecule has 7 nitrogen and oxygen atoms in total. The van der Waals surface area contributed by atoms with Crippen LogP contribution in [0.15, 0.2) is 18.2 Å². The number of carbonyl (C=O) groups excluding carboxylic acids is 2. The number of likely N-dealkylation sites (N-methyl/N-ethyl adjacent to an activating group) is 1. The fraction of sp³-hybridized carbons (Fsp3) is 0.500. The molecule has 126 valence electrons. The summed E-state index contributed by atoms with van der Waals surface area (Å²) in [7, 11) is 5.12. The number of ether oxygens (including phenoxy) is 2. The van der Waals surface area contributed by atoms with E-state index in [-0.39, 0.29) is 6.54 Å². The van der Waals surface area contributed by atoms with Crippen molar-refractivity contribution in [3.63, 3.8) is 0 Å². The smallest absolute Gasteiger partial charge is 0.311 e. The Kier molecular flexibility index (Phi) is 5.81. The first-order valence-corrected chi connectivity index (χ1v) is 7.51. The molecule has 0 radical (unpaired) electrons. The summed E-state index contributed by atoms with van der Waals surface area (Å²) in [6, 6.07) is 5.37. The van der Waals surface area contributed by atoms with Crippen molar-refractivity contribution in [3.05, 3.63) is 23.8 Å². The van der Waals surface area contributed by atoms with E-state index in [4.69, 9.17) is 9.47 Å². The van der Waals surface area contributed by atoms with Crippen LogP contribution < -0.4 is 14.8 Å². The Morgan fingerprint density at radius 3 is 2.35 bits per heavy atom. The van der Waals surface area contributed by atoms with Crippen molar-refractivity contribution in [2.24, 2.45) is 0 Å². The molecule has 1 aliphatic rings. The summed E-state index contributed by atoms with van der Waals surface area (Å²) in [4.78, 5) is 27.8. The van der Waals surface area contributed by atoms with Gasteiger partial charge < -0.3 is 24.6 Å².